The number of carbonyl (C=O) groups is 2. The summed E-state index contributed by atoms with van der Waals surface area (Å²) >= 11 is 2.77. The molecule has 0 fully saturated rings. The van der Waals surface area contributed by atoms with E-state index in [0.717, 1.165) is 16.5 Å². The van der Waals surface area contributed by atoms with Crippen LogP contribution in [-0.4, -0.2) is 28.3 Å². The van der Waals surface area contributed by atoms with Crippen molar-refractivity contribution in [1.82, 2.24) is 15.3 Å². The molecule has 0 saturated heterocycles. The number of nitrogens with zero attached hydrogens (tertiary/aromatic N) is 3. The Morgan fingerprint density at radius 3 is 2.77 bits per heavy atom. The second kappa shape index (κ2) is 10.6. The third kappa shape index (κ3) is 5.47. The average Bonchev–Trinajstić information content (AvgIpc) is 3.66. The highest BCUT2D eigenvalue weighted by atomic mass is 32.1. The van der Waals surface area contributed by atoms with Gasteiger partial charge in [-0.25, -0.2) is 4.98 Å². The van der Waals surface area contributed by atoms with Crippen LogP contribution in [0.5, 0.6) is 0 Å². The van der Waals surface area contributed by atoms with E-state index in [0.29, 0.717) is 47.4 Å². The van der Waals surface area contributed by atoms with Gasteiger partial charge in [0, 0.05) is 42.7 Å². The molecule has 4 heterocycles. The molecule has 0 radical (unpaired) electrons. The molecular weight excluding hydrogens is 480 g/mol. The zero-order chi connectivity index (χ0) is 24.0. The highest BCUT2D eigenvalue weighted by Gasteiger charge is 2.22. The van der Waals surface area contributed by atoms with Crippen molar-refractivity contribution in [2.45, 2.75) is 19.4 Å². The van der Waals surface area contributed by atoms with Crippen LogP contribution < -0.4 is 10.2 Å². The molecule has 5 rings (SSSR count). The molecule has 0 aliphatic rings. The van der Waals surface area contributed by atoms with E-state index in [-0.39, 0.29) is 11.8 Å². The van der Waals surface area contributed by atoms with Gasteiger partial charge in [-0.1, -0.05) is 30.3 Å². The predicted molar refractivity (Wildman–Crippen MR) is 139 cm³/mol. The number of amides is 2. The van der Waals surface area contributed by atoms with E-state index in [1.54, 1.807) is 23.4 Å². The predicted octanol–water partition coefficient (Wildman–Crippen LogP) is 5.76. The number of anilines is 1. The van der Waals surface area contributed by atoms with Crippen molar-refractivity contribution in [3.8, 4) is 11.5 Å². The van der Waals surface area contributed by atoms with Gasteiger partial charge in [-0.15, -0.1) is 22.7 Å². The van der Waals surface area contributed by atoms with Crippen molar-refractivity contribution >= 4 is 50.6 Å². The zero-order valence-corrected chi connectivity index (χ0v) is 20.3. The first kappa shape index (κ1) is 22.9. The molecule has 0 unspecified atom stereocenters. The summed E-state index contributed by atoms with van der Waals surface area (Å²) in [4.78, 5) is 36.6. The molecule has 0 atom stereocenters. The first-order valence-corrected chi connectivity index (χ1v) is 12.9. The maximum atomic E-state index is 13.3. The van der Waals surface area contributed by atoms with Crippen molar-refractivity contribution < 1.29 is 14.0 Å². The monoisotopic (exact) mass is 502 g/mol. The number of pyridine rings is 1. The fourth-order valence-corrected chi connectivity index (χ4v) is 5.13. The van der Waals surface area contributed by atoms with Gasteiger partial charge >= 0.3 is 0 Å². The number of carbonyl (C=O) groups excluding carboxylic acids is 2. The van der Waals surface area contributed by atoms with Gasteiger partial charge < -0.3 is 9.73 Å². The van der Waals surface area contributed by atoms with Crippen LogP contribution >= 0.6 is 22.7 Å². The lowest BCUT2D eigenvalue weighted by atomic mass is 10.2. The van der Waals surface area contributed by atoms with Crippen LogP contribution in [0, 0.1) is 0 Å². The molecule has 2 amide bonds. The van der Waals surface area contributed by atoms with Crippen LogP contribution in [-0.2, 0) is 11.3 Å². The highest BCUT2D eigenvalue weighted by Crippen LogP contribution is 2.32. The van der Waals surface area contributed by atoms with Gasteiger partial charge in [0.1, 0.15) is 11.3 Å². The van der Waals surface area contributed by atoms with Crippen LogP contribution in [0.3, 0.4) is 0 Å². The zero-order valence-electron chi connectivity index (χ0n) is 18.7. The molecule has 0 spiro atoms. The van der Waals surface area contributed by atoms with Gasteiger partial charge in [-0.05, 0) is 41.6 Å². The molecule has 7 nitrogen and oxygen atoms in total. The van der Waals surface area contributed by atoms with E-state index in [1.165, 1.54) is 22.7 Å². The van der Waals surface area contributed by atoms with E-state index in [4.69, 9.17) is 9.40 Å². The Hall–Kier alpha value is -3.82. The largest absolute Gasteiger partial charge is 0.454 e. The summed E-state index contributed by atoms with van der Waals surface area (Å²) in [5.41, 5.74) is 2.41. The number of nitrogens with one attached hydrogen (secondary N) is 1. The Morgan fingerprint density at radius 1 is 1.06 bits per heavy atom. The minimum absolute atomic E-state index is 0.0699. The normalized spacial score (nSPS) is 11.0. The SMILES string of the molecule is O=C(CCCN(C(=O)c1cccs1)c1nc(-c2cc3ccccc3o2)cs1)NCc1cccnc1. The van der Waals surface area contributed by atoms with Crippen molar-refractivity contribution in [1.29, 1.82) is 0 Å². The third-order valence-electron chi connectivity index (χ3n) is 5.38. The highest BCUT2D eigenvalue weighted by molar-refractivity contribution is 7.14. The maximum Gasteiger partial charge on any atom is 0.270 e. The van der Waals surface area contributed by atoms with Crippen LogP contribution in [0.4, 0.5) is 5.13 Å². The molecule has 5 aromatic rings. The number of rotatable bonds is 9. The first-order chi connectivity index (χ1) is 17.2. The molecule has 1 N–H and O–H groups in total. The summed E-state index contributed by atoms with van der Waals surface area (Å²) in [5, 5.41) is 8.25. The van der Waals surface area contributed by atoms with Gasteiger partial charge in [-0.3, -0.25) is 19.5 Å². The van der Waals surface area contributed by atoms with Crippen LogP contribution in [0.1, 0.15) is 28.1 Å². The lowest BCUT2D eigenvalue weighted by Gasteiger charge is -2.19. The van der Waals surface area contributed by atoms with Crippen LogP contribution in [0.25, 0.3) is 22.4 Å². The maximum absolute atomic E-state index is 13.3. The number of hydrogen-bond acceptors (Lipinski definition) is 7. The van der Waals surface area contributed by atoms with Crippen molar-refractivity contribution in [3.63, 3.8) is 0 Å². The van der Waals surface area contributed by atoms with Gasteiger partial charge in [0.15, 0.2) is 10.9 Å². The molecule has 0 aliphatic carbocycles. The fourth-order valence-electron chi connectivity index (χ4n) is 3.62. The first-order valence-electron chi connectivity index (χ1n) is 11.1. The number of aromatic nitrogens is 2. The topological polar surface area (TPSA) is 88.3 Å². The summed E-state index contributed by atoms with van der Waals surface area (Å²) in [6.07, 6.45) is 4.23. The quantitative estimate of drug-likeness (QED) is 0.277. The molecule has 0 bridgehead atoms. The molecule has 1 aromatic carbocycles. The van der Waals surface area contributed by atoms with E-state index in [1.807, 2.05) is 59.3 Å². The van der Waals surface area contributed by atoms with Crippen LogP contribution in [0.15, 0.2) is 82.2 Å². The summed E-state index contributed by atoms with van der Waals surface area (Å²) < 4.78 is 5.94. The summed E-state index contributed by atoms with van der Waals surface area (Å²) in [6.45, 7) is 0.808. The molecule has 4 aromatic heterocycles. The molecule has 0 aliphatic heterocycles. The Balaban J connectivity index is 1.28. The summed E-state index contributed by atoms with van der Waals surface area (Å²) in [7, 11) is 0. The molecule has 0 saturated carbocycles. The van der Waals surface area contributed by atoms with Gasteiger partial charge in [-0.2, -0.15) is 0 Å². The molecule has 9 heteroatoms. The van der Waals surface area contributed by atoms with Gasteiger partial charge in [0.25, 0.3) is 5.91 Å². The number of fused-ring (bicyclic) bond motifs is 1. The lowest BCUT2D eigenvalue weighted by molar-refractivity contribution is -0.121. The van der Waals surface area contributed by atoms with E-state index >= 15 is 0 Å². The third-order valence-corrected chi connectivity index (χ3v) is 7.10. The number of hydrogen-bond donors (Lipinski definition) is 1. The summed E-state index contributed by atoms with van der Waals surface area (Å²) in [5.74, 6) is 0.466. The van der Waals surface area contributed by atoms with Crippen LogP contribution in [0.2, 0.25) is 0 Å². The Kier molecular flexibility index (Phi) is 6.97. The summed E-state index contributed by atoms with van der Waals surface area (Å²) in [6, 6.07) is 17.1. The van der Waals surface area contributed by atoms with Crippen molar-refractivity contribution in [3.05, 3.63) is 88.2 Å². The second-order valence-electron chi connectivity index (χ2n) is 7.84. The molecule has 35 heavy (non-hydrogen) atoms. The van der Waals surface area contributed by atoms with Gasteiger partial charge in [0.05, 0.1) is 4.88 Å². The van der Waals surface area contributed by atoms with Gasteiger partial charge in [0.2, 0.25) is 5.91 Å². The molecule has 176 valence electrons. The molecular formula is C26H22N4O3S2. The van der Waals surface area contributed by atoms with E-state index < -0.39 is 0 Å². The number of thiophene rings is 1. The van der Waals surface area contributed by atoms with Crippen molar-refractivity contribution in [2.75, 3.05) is 11.4 Å². The standard InChI is InChI=1S/C26H22N4O3S2/c31-24(28-16-18-6-3-11-27-15-18)10-4-12-30(25(32)23-9-5-13-34-23)26-29-20(17-35-26)22-14-19-7-1-2-8-21(19)33-22/h1-3,5-9,11,13-15,17H,4,10,12,16H2,(H,28,31). The van der Waals surface area contributed by atoms with E-state index in [9.17, 15) is 9.59 Å². The van der Waals surface area contributed by atoms with E-state index in [2.05, 4.69) is 10.3 Å². The lowest BCUT2D eigenvalue weighted by Crippen LogP contribution is -2.32. The Labute approximate surface area is 210 Å². The second-order valence-corrected chi connectivity index (χ2v) is 9.62. The smallest absolute Gasteiger partial charge is 0.270 e. The number of para-hydroxylation sites is 1. The average molecular weight is 503 g/mol. The number of thiazole rings is 1. The minimum Gasteiger partial charge on any atom is -0.454 e. The Morgan fingerprint density at radius 2 is 1.97 bits per heavy atom. The number of furan rings is 1. The minimum atomic E-state index is -0.124. The fraction of sp³-hybridized carbons (Fsp3) is 0.154. The number of benzene rings is 1. The Bertz CT molecular complexity index is 1390. The van der Waals surface area contributed by atoms with Crippen molar-refractivity contribution in [2.24, 2.45) is 0 Å².